The van der Waals surface area contributed by atoms with Crippen molar-refractivity contribution in [2.24, 2.45) is 0 Å². The fraction of sp³-hybridized carbons (Fsp3) is 0.0571. The van der Waals surface area contributed by atoms with Gasteiger partial charge in [0.15, 0.2) is 0 Å². The van der Waals surface area contributed by atoms with Crippen LogP contribution in [0.1, 0.15) is 11.1 Å². The first-order valence-electron chi connectivity index (χ1n) is 12.4. The fourth-order valence-corrected chi connectivity index (χ4v) is 4.92. The number of aliphatic hydroxyl groups is 1. The third-order valence-corrected chi connectivity index (χ3v) is 6.98. The van der Waals surface area contributed by atoms with Gasteiger partial charge in [-0.05, 0) is 120 Å². The van der Waals surface area contributed by atoms with Crippen LogP contribution in [0.3, 0.4) is 0 Å². The van der Waals surface area contributed by atoms with Crippen LogP contribution in [0, 0.1) is 126 Å². The molecule has 0 aromatic heterocycles. The standard InChI is InChI=1S/C25H20O2S.2C5H5.2Fe/c1-28-23-17-9-15-21(23)24(26)20-14-8-16-22(20)25(27,18-10-4-2-5-11-18)19-12-6-3-7-13-19;2*1-2-4-5-3-1;;/h2-17,27H,1H3;2*1-5H;;/q;;;2*+2. The first-order chi connectivity index (χ1) is 18.7. The molecule has 4 aliphatic rings. The molecule has 0 heterocycles. The first-order valence-corrected chi connectivity index (χ1v) is 13.7. The largest absolute Gasteiger partial charge is 2.00 e. The third-order valence-electron chi connectivity index (χ3n) is 6.19. The predicted octanol–water partition coefficient (Wildman–Crippen LogP) is 6.40. The zero-order valence-corrected chi connectivity index (χ0v) is 25.0. The Morgan fingerprint density at radius 3 is 1.40 bits per heavy atom. The molecule has 0 unspecified atom stereocenters. The summed E-state index contributed by atoms with van der Waals surface area (Å²) >= 11 is 1.55. The molecular weight excluding hydrogens is 596 g/mol. The minimum atomic E-state index is -1.41. The number of benzene rings is 2. The van der Waals surface area contributed by atoms with E-state index in [1.807, 2.05) is 163 Å². The summed E-state index contributed by atoms with van der Waals surface area (Å²) in [6.45, 7) is 0. The van der Waals surface area contributed by atoms with Crippen molar-refractivity contribution in [2.75, 3.05) is 6.26 Å². The van der Waals surface area contributed by atoms with E-state index in [2.05, 4.69) is 0 Å². The monoisotopic (exact) mass is 626 g/mol. The number of rotatable bonds is 6. The smallest absolute Gasteiger partial charge is 0.380 e. The summed E-state index contributed by atoms with van der Waals surface area (Å²) in [6.07, 6.45) is 33.1. The molecule has 4 fully saturated rings. The first kappa shape index (κ1) is 35.7. The average Bonchev–Trinajstić information content (AvgIpc) is 3.82. The Balaban J connectivity index is 0.000000392. The van der Waals surface area contributed by atoms with Crippen LogP contribution < -0.4 is 0 Å². The average molecular weight is 626 g/mol. The molecule has 2 nitrogen and oxygen atoms in total. The Hall–Kier alpha value is -0.541. The molecule has 4 aliphatic carbocycles. The van der Waals surface area contributed by atoms with Crippen LogP contribution in [0.2, 0.25) is 0 Å². The summed E-state index contributed by atoms with van der Waals surface area (Å²) in [5.41, 5.74) is 0.0476. The molecule has 6 rings (SSSR count). The normalized spacial score (nSPS) is 20.1. The molecule has 40 heavy (non-hydrogen) atoms. The Morgan fingerprint density at radius 1 is 0.575 bits per heavy atom. The van der Waals surface area contributed by atoms with E-state index in [1.54, 1.807) is 18.2 Å². The second kappa shape index (κ2) is 18.9. The van der Waals surface area contributed by atoms with Crippen molar-refractivity contribution in [1.82, 2.24) is 0 Å². The number of carbonyl (C=O) groups is 1. The molecule has 2 aromatic rings. The molecule has 5 heteroatoms. The van der Waals surface area contributed by atoms with Gasteiger partial charge in [0.25, 0.3) is 0 Å². The second-order valence-corrected chi connectivity index (χ2v) is 9.41. The summed E-state index contributed by atoms with van der Waals surface area (Å²) in [7, 11) is 0. The molecular formula is C35H30Fe2O2S+4. The maximum atomic E-state index is 13.4. The van der Waals surface area contributed by atoms with Crippen molar-refractivity contribution in [3.8, 4) is 0 Å². The molecule has 0 aliphatic heterocycles. The molecule has 1 N–H and O–H groups in total. The predicted molar refractivity (Wildman–Crippen MR) is 156 cm³/mol. The van der Waals surface area contributed by atoms with Gasteiger partial charge in [-0.1, -0.05) is 60.7 Å². The van der Waals surface area contributed by atoms with Gasteiger partial charge >= 0.3 is 34.1 Å². The van der Waals surface area contributed by atoms with Crippen LogP contribution in [0.4, 0.5) is 0 Å². The molecule has 0 spiro atoms. The van der Waals surface area contributed by atoms with Crippen molar-refractivity contribution in [3.63, 3.8) is 0 Å². The van der Waals surface area contributed by atoms with Crippen LogP contribution in [0.25, 0.3) is 0 Å². The van der Waals surface area contributed by atoms with Crippen molar-refractivity contribution in [2.45, 2.75) is 5.60 Å². The maximum Gasteiger partial charge on any atom is 2.00 e. The van der Waals surface area contributed by atoms with Gasteiger partial charge in [-0.3, -0.25) is 4.79 Å². The van der Waals surface area contributed by atoms with E-state index in [0.29, 0.717) is 17.8 Å². The van der Waals surface area contributed by atoms with Crippen LogP contribution >= 0.6 is 11.8 Å². The van der Waals surface area contributed by atoms with Gasteiger partial charge in [-0.2, -0.15) is 11.8 Å². The SMILES string of the molecule is CS[C]1[CH][CH][CH][C]1C(=O)[C]1[CH][CH][CH][C]1C(O)(c1ccccc1)c1ccccc1.[CH]1[CH][CH][CH][CH]1.[CH]1[CH][CH][CH][CH]1.[Fe+2].[Fe+2]. The van der Waals surface area contributed by atoms with E-state index >= 15 is 0 Å². The topological polar surface area (TPSA) is 37.3 Å². The maximum absolute atomic E-state index is 13.4. The number of hydrogen-bond acceptors (Lipinski definition) is 3. The van der Waals surface area contributed by atoms with E-state index in [-0.39, 0.29) is 39.9 Å². The van der Waals surface area contributed by atoms with Crippen LogP contribution in [-0.4, -0.2) is 17.1 Å². The summed E-state index contributed by atoms with van der Waals surface area (Å²) in [5, 5.41) is 13.0. The van der Waals surface area contributed by atoms with Gasteiger partial charge in [-0.25, -0.2) is 0 Å². The zero-order valence-electron chi connectivity index (χ0n) is 22.0. The Morgan fingerprint density at radius 2 is 0.975 bits per heavy atom. The fourth-order valence-electron chi connectivity index (χ4n) is 4.33. The molecule has 0 atom stereocenters. The number of Topliss-reactive ketones (excluding diaryl/α,β-unsaturated/α-hetero) is 1. The zero-order chi connectivity index (χ0) is 26.6. The Bertz CT molecular complexity index is 882. The van der Waals surface area contributed by atoms with Crippen molar-refractivity contribution >= 4 is 17.5 Å². The second-order valence-electron chi connectivity index (χ2n) is 8.56. The van der Waals surface area contributed by atoms with E-state index in [4.69, 9.17) is 0 Å². The van der Waals surface area contributed by atoms with Crippen molar-refractivity contribution < 1.29 is 44.0 Å². The van der Waals surface area contributed by atoms with Gasteiger partial charge in [0.1, 0.15) is 11.4 Å². The number of hydrogen-bond donors (Lipinski definition) is 1. The van der Waals surface area contributed by atoms with Crippen LogP contribution in [0.5, 0.6) is 0 Å². The quantitative estimate of drug-likeness (QED) is 0.378. The molecule has 0 bridgehead atoms. The van der Waals surface area contributed by atoms with Crippen molar-refractivity contribution in [3.05, 3.63) is 198 Å². The number of carbonyl (C=O) groups excluding carboxylic acids is 1. The summed E-state index contributed by atoms with van der Waals surface area (Å²) in [4.78, 5) is 13.4. The van der Waals surface area contributed by atoms with Gasteiger partial charge in [0, 0.05) is 11.2 Å². The summed E-state index contributed by atoms with van der Waals surface area (Å²) in [6, 6.07) is 19.0. The Kier molecular flexibility index (Phi) is 16.8. The molecule has 4 saturated carbocycles. The molecule has 0 amide bonds. The van der Waals surface area contributed by atoms with Gasteiger partial charge in [0.2, 0.25) is 0 Å². The van der Waals surface area contributed by atoms with Crippen LogP contribution in [-0.2, 0) is 44.5 Å². The number of ketones is 1. The minimum Gasteiger partial charge on any atom is -0.380 e. The molecule has 200 valence electrons. The van der Waals surface area contributed by atoms with Gasteiger partial charge in [-0.15, -0.1) is 0 Å². The number of thioether (sulfide) groups is 1. The van der Waals surface area contributed by atoms with E-state index < -0.39 is 5.60 Å². The minimum absolute atomic E-state index is 0. The van der Waals surface area contributed by atoms with E-state index in [1.165, 1.54) is 0 Å². The van der Waals surface area contributed by atoms with Gasteiger partial charge < -0.3 is 5.11 Å². The van der Waals surface area contributed by atoms with Crippen LogP contribution in [0.15, 0.2) is 60.7 Å². The Labute approximate surface area is 269 Å². The molecule has 0 saturated heterocycles. The van der Waals surface area contributed by atoms with Gasteiger partial charge in [0.05, 0.1) is 11.8 Å². The summed E-state index contributed by atoms with van der Waals surface area (Å²) in [5.74, 6) is 1.72. The van der Waals surface area contributed by atoms with Crippen molar-refractivity contribution in [1.29, 1.82) is 0 Å². The van der Waals surface area contributed by atoms with E-state index in [9.17, 15) is 9.90 Å². The molecule has 2 aromatic carbocycles. The molecule has 20 radical (unpaired) electrons. The third kappa shape index (κ3) is 9.23. The van der Waals surface area contributed by atoms with E-state index in [0.717, 1.165) is 16.4 Å². The summed E-state index contributed by atoms with van der Waals surface area (Å²) < 4.78 is 0.